The van der Waals surface area contributed by atoms with Crippen molar-refractivity contribution in [1.29, 1.82) is 0 Å². The van der Waals surface area contributed by atoms with Gasteiger partial charge in [-0.05, 0) is 37.1 Å². The Kier molecular flexibility index (Phi) is 5.65. The average molecular weight is 460 g/mol. The first-order chi connectivity index (χ1) is 16.5. The van der Waals surface area contributed by atoms with Crippen LogP contribution in [0.5, 0.6) is 11.5 Å². The zero-order valence-corrected chi connectivity index (χ0v) is 18.7. The quantitative estimate of drug-likeness (QED) is 0.295. The molecule has 0 spiro atoms. The van der Waals surface area contributed by atoms with Crippen molar-refractivity contribution in [2.75, 3.05) is 23.5 Å². The number of nitrogens with zero attached hydrogens (tertiary/aromatic N) is 2. The lowest BCUT2D eigenvalue weighted by molar-refractivity contribution is -0.139. The molecular formula is C26H24N2O6. The van der Waals surface area contributed by atoms with Crippen LogP contribution >= 0.6 is 0 Å². The van der Waals surface area contributed by atoms with E-state index in [9.17, 15) is 19.2 Å². The van der Waals surface area contributed by atoms with E-state index in [-0.39, 0.29) is 48.3 Å². The van der Waals surface area contributed by atoms with Gasteiger partial charge in [0, 0.05) is 30.8 Å². The first-order valence-corrected chi connectivity index (χ1v) is 11.2. The zero-order valence-electron chi connectivity index (χ0n) is 18.7. The largest absolute Gasteiger partial charge is 0.497 e. The average Bonchev–Trinajstić information content (AvgIpc) is 3.37. The third-order valence-electron chi connectivity index (χ3n) is 6.63. The van der Waals surface area contributed by atoms with Crippen molar-refractivity contribution in [1.82, 2.24) is 0 Å². The highest BCUT2D eigenvalue weighted by Gasteiger charge is 2.48. The first kappa shape index (κ1) is 21.9. The van der Waals surface area contributed by atoms with Crippen LogP contribution in [0.2, 0.25) is 0 Å². The van der Waals surface area contributed by atoms with E-state index < -0.39 is 11.9 Å². The van der Waals surface area contributed by atoms with E-state index in [1.165, 1.54) is 11.0 Å². The number of ether oxygens (including phenoxy) is 2. The Balaban J connectivity index is 1.29. The molecule has 174 valence electrons. The van der Waals surface area contributed by atoms with Crippen molar-refractivity contribution in [3.05, 3.63) is 60.7 Å². The summed E-state index contributed by atoms with van der Waals surface area (Å²) >= 11 is 0. The highest BCUT2D eigenvalue weighted by Crippen LogP contribution is 2.38. The first-order valence-electron chi connectivity index (χ1n) is 11.2. The van der Waals surface area contributed by atoms with Crippen LogP contribution in [-0.4, -0.2) is 37.3 Å². The standard InChI is InChI=1S/C26H24N2O6/c1-33-19-8-4-6-17(13-19)27-15-16(12-23(27)29)26(32)34-20-9-5-7-18(14-20)28-24(30)21-10-2-3-11-22(21)25(28)31/h2-9,13-14,16,21-22H,10-12,15H2,1H3. The molecule has 8 nitrogen and oxygen atoms in total. The summed E-state index contributed by atoms with van der Waals surface area (Å²) in [4.78, 5) is 53.9. The molecule has 2 aromatic rings. The third-order valence-corrected chi connectivity index (χ3v) is 6.63. The predicted octanol–water partition coefficient (Wildman–Crippen LogP) is 3.11. The summed E-state index contributed by atoms with van der Waals surface area (Å²) in [5, 5.41) is 0. The van der Waals surface area contributed by atoms with Crippen LogP contribution in [0.15, 0.2) is 60.7 Å². The summed E-state index contributed by atoms with van der Waals surface area (Å²) in [7, 11) is 1.55. The fraction of sp³-hybridized carbons (Fsp3) is 0.308. The van der Waals surface area contributed by atoms with Crippen molar-refractivity contribution < 1.29 is 28.7 Å². The molecule has 2 aromatic carbocycles. The zero-order chi connectivity index (χ0) is 23.8. The highest BCUT2D eigenvalue weighted by molar-refractivity contribution is 6.22. The summed E-state index contributed by atoms with van der Waals surface area (Å²) in [5.74, 6) is -1.62. The minimum Gasteiger partial charge on any atom is -0.497 e. The predicted molar refractivity (Wildman–Crippen MR) is 123 cm³/mol. The van der Waals surface area contributed by atoms with Crippen LogP contribution in [0.1, 0.15) is 19.3 Å². The number of amides is 3. The summed E-state index contributed by atoms with van der Waals surface area (Å²) in [6, 6.07) is 13.5. The van der Waals surface area contributed by atoms with Gasteiger partial charge >= 0.3 is 5.97 Å². The number of carbonyl (C=O) groups excluding carboxylic acids is 4. The molecule has 8 heteroatoms. The number of fused-ring (bicyclic) bond motifs is 1. The van der Waals surface area contributed by atoms with E-state index in [1.54, 1.807) is 54.5 Å². The normalized spacial score (nSPS) is 23.9. The second-order valence-electron chi connectivity index (χ2n) is 8.69. The van der Waals surface area contributed by atoms with E-state index in [4.69, 9.17) is 9.47 Å². The molecule has 3 unspecified atom stereocenters. The van der Waals surface area contributed by atoms with Crippen molar-refractivity contribution in [2.24, 2.45) is 17.8 Å². The van der Waals surface area contributed by atoms with Crippen LogP contribution in [0.4, 0.5) is 11.4 Å². The highest BCUT2D eigenvalue weighted by atomic mass is 16.5. The molecule has 2 aliphatic heterocycles. The van der Waals surface area contributed by atoms with Gasteiger partial charge in [0.2, 0.25) is 17.7 Å². The smallest absolute Gasteiger partial charge is 0.316 e. The van der Waals surface area contributed by atoms with Crippen molar-refractivity contribution in [2.45, 2.75) is 19.3 Å². The molecule has 0 saturated carbocycles. The number of esters is 1. The number of rotatable bonds is 5. The van der Waals surface area contributed by atoms with Gasteiger partial charge in [-0.15, -0.1) is 0 Å². The summed E-state index contributed by atoms with van der Waals surface area (Å²) < 4.78 is 10.8. The molecule has 34 heavy (non-hydrogen) atoms. The molecule has 0 radical (unpaired) electrons. The molecule has 2 heterocycles. The second kappa shape index (κ2) is 8.78. The Morgan fingerprint density at radius 3 is 2.18 bits per heavy atom. The fourth-order valence-electron chi connectivity index (χ4n) is 4.83. The second-order valence-corrected chi connectivity index (χ2v) is 8.69. The number of carbonyl (C=O) groups is 4. The van der Waals surface area contributed by atoms with Crippen LogP contribution in [0, 0.1) is 17.8 Å². The van der Waals surface area contributed by atoms with Gasteiger partial charge in [0.1, 0.15) is 11.5 Å². The molecule has 2 saturated heterocycles. The van der Waals surface area contributed by atoms with Crippen LogP contribution in [0.3, 0.4) is 0 Å². The number of methoxy groups -OCH3 is 1. The Morgan fingerprint density at radius 2 is 1.50 bits per heavy atom. The number of hydrogen-bond acceptors (Lipinski definition) is 6. The van der Waals surface area contributed by atoms with E-state index in [2.05, 4.69) is 0 Å². The number of allylic oxidation sites excluding steroid dienone is 2. The van der Waals surface area contributed by atoms with Gasteiger partial charge in [-0.1, -0.05) is 24.3 Å². The van der Waals surface area contributed by atoms with Gasteiger partial charge in [0.05, 0.1) is 30.6 Å². The van der Waals surface area contributed by atoms with E-state index >= 15 is 0 Å². The van der Waals surface area contributed by atoms with Crippen LogP contribution in [0.25, 0.3) is 0 Å². The number of benzene rings is 2. The number of anilines is 2. The molecule has 3 amide bonds. The van der Waals surface area contributed by atoms with Crippen molar-refractivity contribution >= 4 is 35.1 Å². The third kappa shape index (κ3) is 3.85. The van der Waals surface area contributed by atoms with E-state index in [0.29, 0.717) is 30.0 Å². The lowest BCUT2D eigenvalue weighted by Gasteiger charge is -2.18. The number of hydrogen-bond donors (Lipinski definition) is 0. The van der Waals surface area contributed by atoms with E-state index in [0.717, 1.165) is 0 Å². The molecule has 0 N–H and O–H groups in total. The van der Waals surface area contributed by atoms with Crippen molar-refractivity contribution in [3.8, 4) is 11.5 Å². The van der Waals surface area contributed by atoms with E-state index in [1.807, 2.05) is 12.2 Å². The molecule has 3 atom stereocenters. The molecule has 1 aliphatic carbocycles. The minimum atomic E-state index is -0.633. The lowest BCUT2D eigenvalue weighted by Crippen LogP contribution is -2.31. The van der Waals surface area contributed by atoms with Crippen molar-refractivity contribution in [3.63, 3.8) is 0 Å². The maximum absolute atomic E-state index is 12.9. The Labute approximate surface area is 196 Å². The Morgan fingerprint density at radius 1 is 0.882 bits per heavy atom. The molecule has 2 fully saturated rings. The van der Waals surface area contributed by atoms with Gasteiger partial charge in [0.15, 0.2) is 0 Å². The monoisotopic (exact) mass is 460 g/mol. The van der Waals surface area contributed by atoms with Crippen LogP contribution in [-0.2, 0) is 19.2 Å². The fourth-order valence-corrected chi connectivity index (χ4v) is 4.83. The van der Waals surface area contributed by atoms with Gasteiger partial charge in [0.25, 0.3) is 0 Å². The summed E-state index contributed by atoms with van der Waals surface area (Å²) in [5.41, 5.74) is 1.04. The van der Waals surface area contributed by atoms with Crippen LogP contribution < -0.4 is 19.3 Å². The molecule has 5 rings (SSSR count). The van der Waals surface area contributed by atoms with Gasteiger partial charge in [-0.2, -0.15) is 0 Å². The van der Waals surface area contributed by atoms with Gasteiger partial charge in [-0.25, -0.2) is 4.90 Å². The Bertz CT molecular complexity index is 1180. The maximum atomic E-state index is 12.9. The lowest BCUT2D eigenvalue weighted by atomic mass is 9.85. The molecule has 3 aliphatic rings. The minimum absolute atomic E-state index is 0.0369. The van der Waals surface area contributed by atoms with Gasteiger partial charge in [-0.3, -0.25) is 19.2 Å². The summed E-state index contributed by atoms with van der Waals surface area (Å²) in [6.45, 7) is 0.198. The molecular weight excluding hydrogens is 436 g/mol. The topological polar surface area (TPSA) is 93.2 Å². The maximum Gasteiger partial charge on any atom is 0.316 e. The molecule has 0 bridgehead atoms. The Hall–Kier alpha value is -3.94. The number of imide groups is 1. The summed E-state index contributed by atoms with van der Waals surface area (Å²) in [6.07, 6.45) is 5.02. The molecule has 0 aromatic heterocycles. The SMILES string of the molecule is COc1cccc(N2CC(C(=O)Oc3cccc(N4C(=O)C5CC=CCC5C4=O)c3)CC2=O)c1. The van der Waals surface area contributed by atoms with Gasteiger partial charge < -0.3 is 14.4 Å².